The lowest BCUT2D eigenvalue weighted by Gasteiger charge is -2.07. The van der Waals surface area contributed by atoms with Crippen LogP contribution in [0.25, 0.3) is 10.9 Å². The first-order chi connectivity index (χ1) is 14.5. The van der Waals surface area contributed by atoms with Gasteiger partial charge in [0.05, 0.1) is 24.2 Å². The number of rotatable bonds is 6. The number of nitrogens with zero attached hydrogens (tertiary/aromatic N) is 2. The minimum Gasteiger partial charge on any atom is -0.350 e. The molecule has 4 aromatic rings. The van der Waals surface area contributed by atoms with Gasteiger partial charge >= 0.3 is 0 Å². The fourth-order valence-corrected chi connectivity index (χ4v) is 4.47. The lowest BCUT2D eigenvalue weighted by atomic mass is 10.1. The molecule has 4 rings (SSSR count). The maximum Gasteiger partial charge on any atom is 0.224 e. The number of carbonyl (C=O) groups is 1. The van der Waals surface area contributed by atoms with Gasteiger partial charge in [0, 0.05) is 32.4 Å². The number of amides is 1. The molecule has 152 valence electrons. The minimum absolute atomic E-state index is 0.104. The highest BCUT2D eigenvalue weighted by Gasteiger charge is 2.17. The van der Waals surface area contributed by atoms with Crippen molar-refractivity contribution >= 4 is 55.3 Å². The molecule has 0 unspecified atom stereocenters. The Kier molecular flexibility index (Phi) is 6.48. The first kappa shape index (κ1) is 21.0. The van der Waals surface area contributed by atoms with Gasteiger partial charge in [0.2, 0.25) is 5.91 Å². The second-order valence-corrected chi connectivity index (χ2v) is 9.13. The number of aromatic nitrogens is 2. The zero-order valence-electron chi connectivity index (χ0n) is 15.9. The van der Waals surface area contributed by atoms with E-state index >= 15 is 0 Å². The van der Waals surface area contributed by atoms with E-state index in [1.54, 1.807) is 6.20 Å². The highest BCUT2D eigenvalue weighted by Crippen LogP contribution is 2.28. The van der Waals surface area contributed by atoms with Crippen molar-refractivity contribution in [1.82, 2.24) is 14.9 Å². The van der Waals surface area contributed by atoms with E-state index in [9.17, 15) is 9.18 Å². The van der Waals surface area contributed by atoms with Crippen LogP contribution >= 0.6 is 38.5 Å². The maximum absolute atomic E-state index is 14.9. The third-order valence-electron chi connectivity index (χ3n) is 4.76. The van der Waals surface area contributed by atoms with Crippen molar-refractivity contribution in [2.24, 2.45) is 0 Å². The van der Waals surface area contributed by atoms with Crippen LogP contribution in [0.15, 0.2) is 71.5 Å². The summed E-state index contributed by atoms with van der Waals surface area (Å²) in [5.41, 5.74) is 3.33. The topological polar surface area (TPSA) is 46.9 Å². The highest BCUT2D eigenvalue weighted by molar-refractivity contribution is 14.1. The van der Waals surface area contributed by atoms with Gasteiger partial charge < -0.3 is 9.88 Å². The normalized spacial score (nSPS) is 11.0. The standard InChI is InChI=1S/C23H18BrFIN3O/c24-17-5-3-4-15(8-17)13-29-14-16(23-20(25)10-18(26)11-21(23)29)9-22(30)28-12-19-6-1-2-7-27-19/h1-8,10-11,14H,9,12-13H2,(H,28,30). The molecule has 1 amide bonds. The number of benzene rings is 2. The Morgan fingerprint density at radius 3 is 2.80 bits per heavy atom. The van der Waals surface area contributed by atoms with E-state index < -0.39 is 0 Å². The van der Waals surface area contributed by atoms with Gasteiger partial charge in [0.1, 0.15) is 5.82 Å². The Balaban J connectivity index is 1.61. The van der Waals surface area contributed by atoms with Gasteiger partial charge in [0.15, 0.2) is 0 Å². The van der Waals surface area contributed by atoms with Crippen LogP contribution in [0, 0.1) is 9.39 Å². The molecule has 0 saturated carbocycles. The molecule has 2 heterocycles. The van der Waals surface area contributed by atoms with Crippen molar-refractivity contribution < 1.29 is 9.18 Å². The molecule has 0 saturated heterocycles. The lowest BCUT2D eigenvalue weighted by Crippen LogP contribution is -2.24. The molecule has 0 fully saturated rings. The van der Waals surface area contributed by atoms with Gasteiger partial charge in [-0.1, -0.05) is 34.1 Å². The van der Waals surface area contributed by atoms with Gasteiger partial charge in [-0.2, -0.15) is 0 Å². The maximum atomic E-state index is 14.9. The van der Waals surface area contributed by atoms with E-state index in [4.69, 9.17) is 0 Å². The largest absolute Gasteiger partial charge is 0.350 e. The van der Waals surface area contributed by atoms with Crippen molar-refractivity contribution in [3.63, 3.8) is 0 Å². The van der Waals surface area contributed by atoms with Gasteiger partial charge in [0.25, 0.3) is 0 Å². The van der Waals surface area contributed by atoms with Crippen LogP contribution in [0.4, 0.5) is 4.39 Å². The summed E-state index contributed by atoms with van der Waals surface area (Å²) in [5, 5.41) is 3.37. The lowest BCUT2D eigenvalue weighted by molar-refractivity contribution is -0.120. The predicted molar refractivity (Wildman–Crippen MR) is 128 cm³/mol. The summed E-state index contributed by atoms with van der Waals surface area (Å²) >= 11 is 5.61. The second-order valence-electron chi connectivity index (χ2n) is 6.97. The molecule has 7 heteroatoms. The molecular weight excluding hydrogens is 560 g/mol. The molecule has 0 bridgehead atoms. The fraction of sp³-hybridized carbons (Fsp3) is 0.130. The first-order valence-electron chi connectivity index (χ1n) is 9.37. The Hall–Kier alpha value is -2.26. The number of fused-ring (bicyclic) bond motifs is 1. The fourth-order valence-electron chi connectivity index (χ4n) is 3.45. The Labute approximate surface area is 195 Å². The number of pyridine rings is 1. The van der Waals surface area contributed by atoms with Crippen LogP contribution in [-0.2, 0) is 24.3 Å². The van der Waals surface area contributed by atoms with E-state index in [-0.39, 0.29) is 18.1 Å². The number of nitrogens with one attached hydrogen (secondary N) is 1. The first-order valence-corrected chi connectivity index (χ1v) is 11.2. The van der Waals surface area contributed by atoms with Gasteiger partial charge in [-0.15, -0.1) is 0 Å². The second kappa shape index (κ2) is 9.26. The summed E-state index contributed by atoms with van der Waals surface area (Å²) in [6.45, 7) is 0.932. The molecule has 4 nitrogen and oxygen atoms in total. The van der Waals surface area contributed by atoms with E-state index in [2.05, 4.69) is 48.8 Å². The van der Waals surface area contributed by atoms with Crippen molar-refractivity contribution in [2.45, 2.75) is 19.5 Å². The quantitative estimate of drug-likeness (QED) is 0.310. The van der Waals surface area contributed by atoms with Crippen LogP contribution in [0.1, 0.15) is 16.8 Å². The van der Waals surface area contributed by atoms with Crippen LogP contribution in [0.3, 0.4) is 0 Å². The minimum atomic E-state index is -0.308. The number of halogens is 3. The molecule has 2 aromatic heterocycles. The molecule has 0 atom stereocenters. The smallest absolute Gasteiger partial charge is 0.224 e. The zero-order valence-corrected chi connectivity index (χ0v) is 19.7. The summed E-state index contributed by atoms with van der Waals surface area (Å²) in [4.78, 5) is 16.7. The zero-order chi connectivity index (χ0) is 21.1. The highest BCUT2D eigenvalue weighted by atomic mass is 127. The summed E-state index contributed by atoms with van der Waals surface area (Å²) in [6.07, 6.45) is 3.67. The monoisotopic (exact) mass is 577 g/mol. The molecule has 0 radical (unpaired) electrons. The Bertz CT molecular complexity index is 1210. The third-order valence-corrected chi connectivity index (χ3v) is 5.88. The van der Waals surface area contributed by atoms with E-state index in [1.807, 2.05) is 59.3 Å². The van der Waals surface area contributed by atoms with Crippen molar-refractivity contribution in [2.75, 3.05) is 0 Å². The van der Waals surface area contributed by atoms with Gasteiger partial charge in [-0.25, -0.2) is 4.39 Å². The molecule has 1 N–H and O–H groups in total. The molecule has 0 aliphatic carbocycles. The van der Waals surface area contributed by atoms with Gasteiger partial charge in [-0.3, -0.25) is 9.78 Å². The van der Waals surface area contributed by atoms with Crippen LogP contribution in [-0.4, -0.2) is 15.5 Å². The third kappa shape index (κ3) is 4.89. The van der Waals surface area contributed by atoms with Gasteiger partial charge in [-0.05, 0) is 70.1 Å². The number of carbonyl (C=O) groups excluding carboxylic acids is 1. The average Bonchev–Trinajstić information content (AvgIpc) is 3.04. The van der Waals surface area contributed by atoms with Crippen molar-refractivity contribution in [3.8, 4) is 0 Å². The number of hydrogen-bond acceptors (Lipinski definition) is 2. The van der Waals surface area contributed by atoms with Crippen LogP contribution in [0.5, 0.6) is 0 Å². The summed E-state index contributed by atoms with van der Waals surface area (Å²) in [6, 6.07) is 17.0. The summed E-state index contributed by atoms with van der Waals surface area (Å²) in [7, 11) is 0. The van der Waals surface area contributed by atoms with Crippen LogP contribution in [0.2, 0.25) is 0 Å². The van der Waals surface area contributed by atoms with E-state index in [0.29, 0.717) is 24.0 Å². The molecular formula is C23H18BrFIN3O. The average molecular weight is 578 g/mol. The molecule has 0 aliphatic heterocycles. The molecule has 0 spiro atoms. The summed E-state index contributed by atoms with van der Waals surface area (Å²) < 4.78 is 18.7. The molecule has 0 aliphatic rings. The van der Waals surface area contributed by atoms with E-state index in [1.165, 1.54) is 6.07 Å². The van der Waals surface area contributed by atoms with Crippen molar-refractivity contribution in [3.05, 3.63) is 97.7 Å². The Morgan fingerprint density at radius 1 is 1.17 bits per heavy atom. The predicted octanol–water partition coefficient (Wildman–Crippen LogP) is 5.45. The van der Waals surface area contributed by atoms with Crippen molar-refractivity contribution in [1.29, 1.82) is 0 Å². The Morgan fingerprint density at radius 2 is 2.03 bits per heavy atom. The molecule has 2 aromatic carbocycles. The SMILES string of the molecule is O=C(Cc1cn(Cc2cccc(Br)c2)c2cc(I)cc(F)c12)NCc1ccccn1. The molecule has 30 heavy (non-hydrogen) atoms. The number of hydrogen-bond donors (Lipinski definition) is 1. The van der Waals surface area contributed by atoms with Crippen LogP contribution < -0.4 is 5.32 Å². The summed E-state index contributed by atoms with van der Waals surface area (Å²) in [5.74, 6) is -0.475. The van der Waals surface area contributed by atoms with E-state index in [0.717, 1.165) is 24.8 Å².